The lowest BCUT2D eigenvalue weighted by Crippen LogP contribution is -2.36. The van der Waals surface area contributed by atoms with Crippen molar-refractivity contribution in [1.82, 2.24) is 0 Å². The Morgan fingerprint density at radius 2 is 1.72 bits per heavy atom. The molecule has 25 heavy (non-hydrogen) atoms. The zero-order chi connectivity index (χ0) is 18.0. The second-order valence-electron chi connectivity index (χ2n) is 6.35. The van der Waals surface area contributed by atoms with Gasteiger partial charge in [-0.2, -0.15) is 13.2 Å². The summed E-state index contributed by atoms with van der Waals surface area (Å²) in [5.41, 5.74) is 0.717. The molecule has 0 atom stereocenters. The first-order valence-electron chi connectivity index (χ1n) is 8.21. The summed E-state index contributed by atoms with van der Waals surface area (Å²) in [7, 11) is 0. The Kier molecular flexibility index (Phi) is 5.25. The van der Waals surface area contributed by atoms with E-state index in [1.807, 2.05) is 0 Å². The molecule has 0 amide bonds. The minimum Gasteiger partial charge on any atom is -0.396 e. The fourth-order valence-corrected chi connectivity index (χ4v) is 3.43. The quantitative estimate of drug-likeness (QED) is 0.800. The van der Waals surface area contributed by atoms with E-state index < -0.39 is 11.7 Å². The van der Waals surface area contributed by atoms with Crippen LogP contribution in [0.5, 0.6) is 0 Å². The molecule has 3 rings (SSSR count). The van der Waals surface area contributed by atoms with Crippen molar-refractivity contribution >= 4 is 17.3 Å². The molecule has 0 aromatic heterocycles. The van der Waals surface area contributed by atoms with Gasteiger partial charge in [0.05, 0.1) is 5.56 Å². The molecule has 1 heterocycles. The van der Waals surface area contributed by atoms with Gasteiger partial charge in [-0.1, -0.05) is 29.8 Å². The molecule has 1 saturated heterocycles. The van der Waals surface area contributed by atoms with Gasteiger partial charge in [0.15, 0.2) is 0 Å². The molecule has 1 fully saturated rings. The lowest BCUT2D eigenvalue weighted by Gasteiger charge is -2.34. The van der Waals surface area contributed by atoms with Gasteiger partial charge in [-0.3, -0.25) is 0 Å². The largest absolute Gasteiger partial charge is 0.418 e. The highest BCUT2D eigenvalue weighted by Gasteiger charge is 2.36. The zero-order valence-corrected chi connectivity index (χ0v) is 14.3. The van der Waals surface area contributed by atoms with Crippen LogP contribution in [0.1, 0.15) is 18.4 Å². The first-order chi connectivity index (χ1) is 11.9. The van der Waals surface area contributed by atoms with Crippen LogP contribution in [0.4, 0.5) is 18.9 Å². The van der Waals surface area contributed by atoms with Gasteiger partial charge in [-0.15, -0.1) is 0 Å². The Hall–Kier alpha value is -1.72. The lowest BCUT2D eigenvalue weighted by atomic mass is 9.95. The van der Waals surface area contributed by atoms with Crippen LogP contribution in [0.3, 0.4) is 0 Å². The van der Waals surface area contributed by atoms with Gasteiger partial charge in [0.2, 0.25) is 0 Å². The molecular weight excluding hydrogens is 351 g/mol. The van der Waals surface area contributed by atoms with Crippen molar-refractivity contribution in [2.75, 3.05) is 24.6 Å². The Bertz CT molecular complexity index is 740. The van der Waals surface area contributed by atoms with E-state index in [4.69, 9.17) is 11.6 Å². The maximum Gasteiger partial charge on any atom is 0.418 e. The molecule has 0 unspecified atom stereocenters. The highest BCUT2D eigenvalue weighted by atomic mass is 35.5. The third-order valence-corrected chi connectivity index (χ3v) is 4.91. The summed E-state index contributed by atoms with van der Waals surface area (Å²) in [5, 5.41) is 9.69. The molecule has 1 aliphatic heterocycles. The molecule has 0 bridgehead atoms. The molecule has 2 aromatic carbocycles. The van der Waals surface area contributed by atoms with Crippen LogP contribution in [0.2, 0.25) is 5.02 Å². The van der Waals surface area contributed by atoms with Gasteiger partial charge in [-0.05, 0) is 54.2 Å². The van der Waals surface area contributed by atoms with Crippen LogP contribution in [0.25, 0.3) is 11.1 Å². The van der Waals surface area contributed by atoms with Crippen LogP contribution in [0, 0.1) is 5.92 Å². The number of alkyl halides is 3. The van der Waals surface area contributed by atoms with E-state index in [1.54, 1.807) is 41.3 Å². The van der Waals surface area contributed by atoms with Gasteiger partial charge in [0, 0.05) is 30.4 Å². The van der Waals surface area contributed by atoms with E-state index in [1.165, 1.54) is 6.07 Å². The molecule has 2 nitrogen and oxygen atoms in total. The van der Waals surface area contributed by atoms with Gasteiger partial charge < -0.3 is 10.0 Å². The summed E-state index contributed by atoms with van der Waals surface area (Å²) in [6.45, 7) is 1.13. The molecule has 2 aromatic rings. The van der Waals surface area contributed by atoms with Crippen LogP contribution < -0.4 is 4.90 Å². The molecule has 1 aliphatic rings. The summed E-state index contributed by atoms with van der Waals surface area (Å²) < 4.78 is 40.9. The van der Waals surface area contributed by atoms with Gasteiger partial charge in [0.25, 0.3) is 0 Å². The first-order valence-corrected chi connectivity index (χ1v) is 8.59. The van der Waals surface area contributed by atoms with Crippen LogP contribution in [0.15, 0.2) is 42.5 Å². The molecule has 1 N–H and O–H groups in total. The fraction of sp³-hybridized carbons (Fsp3) is 0.368. The highest BCUT2D eigenvalue weighted by molar-refractivity contribution is 6.30. The van der Waals surface area contributed by atoms with Crippen molar-refractivity contribution < 1.29 is 18.3 Å². The molecular formula is C19H19ClF3NO. The van der Waals surface area contributed by atoms with Crippen molar-refractivity contribution in [1.29, 1.82) is 0 Å². The number of aliphatic hydroxyl groups excluding tert-OH is 1. The number of aliphatic hydroxyl groups is 1. The second-order valence-corrected chi connectivity index (χ2v) is 6.79. The molecule has 134 valence electrons. The van der Waals surface area contributed by atoms with Crippen molar-refractivity contribution in [2.45, 2.75) is 19.0 Å². The van der Waals surface area contributed by atoms with Crippen LogP contribution in [-0.2, 0) is 6.18 Å². The molecule has 6 heteroatoms. The lowest BCUT2D eigenvalue weighted by molar-refractivity contribution is -0.137. The highest BCUT2D eigenvalue weighted by Crippen LogP contribution is 2.40. The van der Waals surface area contributed by atoms with E-state index in [-0.39, 0.29) is 18.2 Å². The van der Waals surface area contributed by atoms with E-state index in [9.17, 15) is 18.3 Å². The molecule has 0 spiro atoms. The Balaban J connectivity index is 1.97. The van der Waals surface area contributed by atoms with Crippen molar-refractivity contribution in [3.8, 4) is 11.1 Å². The number of nitrogens with zero attached hydrogens (tertiary/aromatic N) is 1. The number of hydrogen-bond donors (Lipinski definition) is 1. The van der Waals surface area contributed by atoms with Crippen LogP contribution in [-0.4, -0.2) is 24.8 Å². The standard InChI is InChI=1S/C19H19ClF3NO/c20-16-3-1-2-14(10-16)15-4-5-18(17(11-15)19(21,22)23)24-8-6-13(12-25)7-9-24/h1-5,10-11,13,25H,6-9,12H2. The number of anilines is 1. The van der Waals surface area contributed by atoms with Crippen molar-refractivity contribution in [3.63, 3.8) is 0 Å². The average molecular weight is 370 g/mol. The Labute approximate surface area is 149 Å². The number of hydrogen-bond acceptors (Lipinski definition) is 2. The molecule has 0 saturated carbocycles. The summed E-state index contributed by atoms with van der Waals surface area (Å²) >= 11 is 5.95. The fourth-order valence-electron chi connectivity index (χ4n) is 3.24. The van der Waals surface area contributed by atoms with Crippen molar-refractivity contribution in [2.24, 2.45) is 5.92 Å². The Morgan fingerprint density at radius 1 is 1.04 bits per heavy atom. The van der Waals surface area contributed by atoms with Crippen molar-refractivity contribution in [3.05, 3.63) is 53.1 Å². The maximum atomic E-state index is 13.6. The number of benzene rings is 2. The minimum absolute atomic E-state index is 0.0909. The molecule has 0 aliphatic carbocycles. The van der Waals surface area contributed by atoms with Crippen LogP contribution >= 0.6 is 11.6 Å². The van der Waals surface area contributed by atoms with Gasteiger partial charge in [-0.25, -0.2) is 0 Å². The normalized spacial score (nSPS) is 16.3. The van der Waals surface area contributed by atoms with E-state index in [2.05, 4.69) is 0 Å². The first kappa shape index (κ1) is 18.1. The average Bonchev–Trinajstić information content (AvgIpc) is 2.60. The summed E-state index contributed by atoms with van der Waals surface area (Å²) in [5.74, 6) is 0.177. The van der Waals surface area contributed by atoms with Gasteiger partial charge in [0.1, 0.15) is 0 Å². The summed E-state index contributed by atoms with van der Waals surface area (Å²) in [6, 6.07) is 11.2. The third kappa shape index (κ3) is 4.10. The third-order valence-electron chi connectivity index (χ3n) is 4.67. The number of halogens is 4. The smallest absolute Gasteiger partial charge is 0.396 e. The van der Waals surface area contributed by atoms with E-state index >= 15 is 0 Å². The van der Waals surface area contributed by atoms with E-state index in [0.29, 0.717) is 42.1 Å². The summed E-state index contributed by atoms with van der Waals surface area (Å²) in [4.78, 5) is 1.76. The Morgan fingerprint density at radius 3 is 2.32 bits per heavy atom. The maximum absolute atomic E-state index is 13.6. The zero-order valence-electron chi connectivity index (χ0n) is 13.6. The van der Waals surface area contributed by atoms with Gasteiger partial charge >= 0.3 is 6.18 Å². The second kappa shape index (κ2) is 7.26. The topological polar surface area (TPSA) is 23.5 Å². The monoisotopic (exact) mass is 369 g/mol. The predicted molar refractivity (Wildman–Crippen MR) is 93.9 cm³/mol. The summed E-state index contributed by atoms with van der Waals surface area (Å²) in [6.07, 6.45) is -3.04. The minimum atomic E-state index is -4.43. The SMILES string of the molecule is OCC1CCN(c2ccc(-c3cccc(Cl)c3)cc2C(F)(F)F)CC1. The van der Waals surface area contributed by atoms with E-state index in [0.717, 1.165) is 0 Å². The number of piperidine rings is 1. The number of rotatable bonds is 3. The molecule has 0 radical (unpaired) electrons. The predicted octanol–water partition coefficient (Wildman–Crippen LogP) is 5.23.